The van der Waals surface area contributed by atoms with Crippen molar-refractivity contribution >= 4 is 23.2 Å². The minimum atomic E-state index is -4.71. The van der Waals surface area contributed by atoms with E-state index in [0.717, 1.165) is 10.5 Å². The summed E-state index contributed by atoms with van der Waals surface area (Å²) in [4.78, 5) is 16.2. The lowest BCUT2D eigenvalue weighted by Gasteiger charge is -2.10. The Balaban J connectivity index is 1.79. The first-order chi connectivity index (χ1) is 13.3. The summed E-state index contributed by atoms with van der Waals surface area (Å²) in [6.45, 7) is 0.114. The zero-order valence-electron chi connectivity index (χ0n) is 14.0. The standard InChI is InChI=1S/C18H11ClF3N3O3/c19-15-14(17(26)23-7-10-3-5-27-9-10)24-16-12(18(20,21)22)6-11(8-25(15)16)13-2-1-4-28-13/h1-6,8-9H,7H2,(H,23,26). The van der Waals surface area contributed by atoms with Gasteiger partial charge in [-0.2, -0.15) is 13.2 Å². The molecule has 0 saturated carbocycles. The van der Waals surface area contributed by atoms with Crippen LogP contribution in [0.4, 0.5) is 13.2 Å². The number of alkyl halides is 3. The summed E-state index contributed by atoms with van der Waals surface area (Å²) in [6, 6.07) is 5.62. The van der Waals surface area contributed by atoms with Crippen molar-refractivity contribution in [2.45, 2.75) is 12.7 Å². The van der Waals surface area contributed by atoms with Crippen molar-refractivity contribution < 1.29 is 26.8 Å². The largest absolute Gasteiger partial charge is 0.472 e. The molecule has 1 amide bonds. The molecule has 10 heteroatoms. The second-order valence-electron chi connectivity index (χ2n) is 5.88. The number of carbonyl (C=O) groups excluding carboxylic acids is 1. The van der Waals surface area contributed by atoms with Gasteiger partial charge in [0, 0.05) is 23.9 Å². The maximum Gasteiger partial charge on any atom is 0.420 e. The lowest BCUT2D eigenvalue weighted by atomic mass is 10.1. The van der Waals surface area contributed by atoms with Gasteiger partial charge in [-0.15, -0.1) is 0 Å². The fourth-order valence-corrected chi connectivity index (χ4v) is 2.96. The number of amides is 1. The molecule has 4 aromatic heterocycles. The minimum absolute atomic E-state index is 0.114. The number of halogens is 4. The number of hydrogen-bond acceptors (Lipinski definition) is 4. The fourth-order valence-electron chi connectivity index (χ4n) is 2.71. The van der Waals surface area contributed by atoms with E-state index in [1.54, 1.807) is 12.1 Å². The minimum Gasteiger partial charge on any atom is -0.472 e. The number of carbonyl (C=O) groups is 1. The molecule has 4 rings (SSSR count). The van der Waals surface area contributed by atoms with Gasteiger partial charge in [0.1, 0.15) is 10.9 Å². The molecule has 0 saturated heterocycles. The van der Waals surface area contributed by atoms with Crippen molar-refractivity contribution in [3.05, 3.63) is 71.2 Å². The molecule has 28 heavy (non-hydrogen) atoms. The molecule has 0 aliphatic rings. The molecule has 1 N–H and O–H groups in total. The Hall–Kier alpha value is -3.20. The SMILES string of the molecule is O=C(NCc1ccoc1)c1nc2c(C(F)(F)F)cc(-c3ccco3)cn2c1Cl. The highest BCUT2D eigenvalue weighted by Gasteiger charge is 2.36. The van der Waals surface area contributed by atoms with Crippen LogP contribution in [0, 0.1) is 0 Å². The summed E-state index contributed by atoms with van der Waals surface area (Å²) < 4.78 is 51.8. The first kappa shape index (κ1) is 18.2. The van der Waals surface area contributed by atoms with Crippen LogP contribution in [0.5, 0.6) is 0 Å². The average Bonchev–Trinajstić information content (AvgIpc) is 3.40. The summed E-state index contributed by atoms with van der Waals surface area (Å²) in [7, 11) is 0. The van der Waals surface area contributed by atoms with Crippen molar-refractivity contribution in [1.82, 2.24) is 14.7 Å². The molecule has 0 atom stereocenters. The third-order valence-electron chi connectivity index (χ3n) is 4.02. The van der Waals surface area contributed by atoms with Gasteiger partial charge in [-0.25, -0.2) is 4.98 Å². The van der Waals surface area contributed by atoms with Crippen molar-refractivity contribution in [2.75, 3.05) is 0 Å². The van der Waals surface area contributed by atoms with Gasteiger partial charge >= 0.3 is 6.18 Å². The molecule has 6 nitrogen and oxygen atoms in total. The second kappa shape index (κ2) is 6.75. The van der Waals surface area contributed by atoms with Crippen LogP contribution in [0.15, 0.2) is 58.1 Å². The summed E-state index contributed by atoms with van der Waals surface area (Å²) in [5.41, 5.74) is -0.982. The monoisotopic (exact) mass is 409 g/mol. The Morgan fingerprint density at radius 2 is 2.11 bits per heavy atom. The van der Waals surface area contributed by atoms with Crippen LogP contribution in [-0.4, -0.2) is 15.3 Å². The zero-order chi connectivity index (χ0) is 19.9. The first-order valence-electron chi connectivity index (χ1n) is 7.96. The lowest BCUT2D eigenvalue weighted by Crippen LogP contribution is -2.23. The van der Waals surface area contributed by atoms with E-state index >= 15 is 0 Å². The summed E-state index contributed by atoms with van der Waals surface area (Å²) >= 11 is 6.19. The van der Waals surface area contributed by atoms with Crippen LogP contribution >= 0.6 is 11.6 Å². The van der Waals surface area contributed by atoms with Gasteiger partial charge in [0.25, 0.3) is 5.91 Å². The predicted octanol–water partition coefficient (Wildman–Crippen LogP) is 4.79. The van der Waals surface area contributed by atoms with Gasteiger partial charge in [-0.05, 0) is 24.3 Å². The van der Waals surface area contributed by atoms with Gasteiger partial charge in [0.15, 0.2) is 11.3 Å². The molecule has 0 fully saturated rings. The Morgan fingerprint density at radius 1 is 1.29 bits per heavy atom. The van der Waals surface area contributed by atoms with E-state index in [2.05, 4.69) is 10.3 Å². The van der Waals surface area contributed by atoms with E-state index < -0.39 is 23.3 Å². The Bertz CT molecular complexity index is 1130. The van der Waals surface area contributed by atoms with E-state index in [1.807, 2.05) is 0 Å². The van der Waals surface area contributed by atoms with Crippen molar-refractivity contribution in [3.63, 3.8) is 0 Å². The van der Waals surface area contributed by atoms with Crippen LogP contribution in [0.1, 0.15) is 21.6 Å². The molecule has 0 bridgehead atoms. The van der Waals surface area contributed by atoms with Gasteiger partial charge < -0.3 is 14.2 Å². The van der Waals surface area contributed by atoms with E-state index in [9.17, 15) is 18.0 Å². The Morgan fingerprint density at radius 3 is 2.75 bits per heavy atom. The second-order valence-corrected chi connectivity index (χ2v) is 6.23. The number of rotatable bonds is 4. The van der Waals surface area contributed by atoms with Crippen LogP contribution in [0.2, 0.25) is 5.15 Å². The normalized spacial score (nSPS) is 11.9. The average molecular weight is 410 g/mol. The number of imidazole rings is 1. The molecule has 0 aliphatic carbocycles. The van der Waals surface area contributed by atoms with Crippen LogP contribution in [0.25, 0.3) is 17.0 Å². The molecule has 0 unspecified atom stereocenters. The van der Waals surface area contributed by atoms with Gasteiger partial charge in [0.05, 0.1) is 24.4 Å². The van der Waals surface area contributed by atoms with Gasteiger partial charge in [-0.3, -0.25) is 9.20 Å². The molecule has 4 aromatic rings. The number of nitrogens with one attached hydrogen (secondary N) is 1. The quantitative estimate of drug-likeness (QED) is 0.526. The third-order valence-corrected chi connectivity index (χ3v) is 4.38. The first-order valence-corrected chi connectivity index (χ1v) is 8.34. The number of fused-ring (bicyclic) bond motifs is 1. The number of hydrogen-bond donors (Lipinski definition) is 1. The molecular weight excluding hydrogens is 399 g/mol. The number of furan rings is 2. The molecular formula is C18H11ClF3N3O3. The van der Waals surface area contributed by atoms with Gasteiger partial charge in [0.2, 0.25) is 0 Å². The number of nitrogens with zero attached hydrogens (tertiary/aromatic N) is 2. The van der Waals surface area contributed by atoms with Crippen molar-refractivity contribution in [3.8, 4) is 11.3 Å². The van der Waals surface area contributed by atoms with Crippen LogP contribution in [0.3, 0.4) is 0 Å². The van der Waals surface area contributed by atoms with Crippen molar-refractivity contribution in [1.29, 1.82) is 0 Å². The lowest BCUT2D eigenvalue weighted by molar-refractivity contribution is -0.136. The Kier molecular flexibility index (Phi) is 4.38. The highest BCUT2D eigenvalue weighted by molar-refractivity contribution is 6.33. The topological polar surface area (TPSA) is 72.7 Å². The van der Waals surface area contributed by atoms with E-state index in [4.69, 9.17) is 20.4 Å². The highest BCUT2D eigenvalue weighted by Crippen LogP contribution is 2.37. The smallest absolute Gasteiger partial charge is 0.420 e. The van der Waals surface area contributed by atoms with Crippen LogP contribution < -0.4 is 5.32 Å². The summed E-state index contributed by atoms with van der Waals surface area (Å²) in [5.74, 6) is -0.481. The van der Waals surface area contributed by atoms with Crippen LogP contribution in [-0.2, 0) is 12.7 Å². The molecule has 4 heterocycles. The van der Waals surface area contributed by atoms with E-state index in [-0.39, 0.29) is 28.7 Å². The molecule has 144 valence electrons. The maximum absolute atomic E-state index is 13.6. The predicted molar refractivity (Wildman–Crippen MR) is 92.8 cm³/mol. The van der Waals surface area contributed by atoms with Gasteiger partial charge in [-0.1, -0.05) is 11.6 Å². The van der Waals surface area contributed by atoms with Crippen molar-refractivity contribution in [2.24, 2.45) is 0 Å². The fraction of sp³-hybridized carbons (Fsp3) is 0.111. The molecule has 0 aromatic carbocycles. The number of aromatic nitrogens is 2. The summed E-state index contributed by atoms with van der Waals surface area (Å²) in [5, 5.41) is 2.31. The zero-order valence-corrected chi connectivity index (χ0v) is 14.7. The number of pyridine rings is 1. The van der Waals surface area contributed by atoms with E-state index in [1.165, 1.54) is 31.1 Å². The third kappa shape index (κ3) is 3.24. The molecule has 0 spiro atoms. The molecule has 0 radical (unpaired) electrons. The molecule has 0 aliphatic heterocycles. The Labute approximate surface area is 160 Å². The maximum atomic E-state index is 13.6. The highest BCUT2D eigenvalue weighted by atomic mass is 35.5. The summed E-state index contributed by atoms with van der Waals surface area (Å²) in [6.07, 6.45) is 0.847. The van der Waals surface area contributed by atoms with E-state index in [0.29, 0.717) is 5.56 Å².